The van der Waals surface area contributed by atoms with E-state index in [4.69, 9.17) is 4.74 Å². The zero-order valence-electron chi connectivity index (χ0n) is 9.61. The lowest BCUT2D eigenvalue weighted by molar-refractivity contribution is -0.175. The van der Waals surface area contributed by atoms with Gasteiger partial charge in [0.25, 0.3) is 0 Å². The molecule has 0 aliphatic rings. The summed E-state index contributed by atoms with van der Waals surface area (Å²) in [5, 5.41) is 1.78. The summed E-state index contributed by atoms with van der Waals surface area (Å²) in [6.07, 6.45) is -5.28. The van der Waals surface area contributed by atoms with Gasteiger partial charge >= 0.3 is 12.1 Å². The molecule has 0 fully saturated rings. The van der Waals surface area contributed by atoms with E-state index >= 15 is 0 Å². The predicted octanol–water partition coefficient (Wildman–Crippen LogP) is 2.11. The molecule has 2 unspecified atom stereocenters. The summed E-state index contributed by atoms with van der Waals surface area (Å²) in [5.74, 6) is -1.94. The van der Waals surface area contributed by atoms with Crippen molar-refractivity contribution in [1.82, 2.24) is 5.32 Å². The molecule has 1 amide bonds. The molecular formula is C9H18F3NO2. The largest absolute Gasteiger partial charge is 0.471 e. The van der Waals surface area contributed by atoms with E-state index in [-0.39, 0.29) is 0 Å². The Balaban J connectivity index is 0. The second-order valence-electron chi connectivity index (χ2n) is 2.70. The Morgan fingerprint density at radius 2 is 1.67 bits per heavy atom. The standard InChI is InChI=1S/C7H12F3NO2.C2H6/c1-4(5(2)13-3)11-6(12)7(8,9)10;1-2/h4-5H,1-3H3,(H,11,12);1-2H3. The van der Waals surface area contributed by atoms with Crippen molar-refractivity contribution in [2.45, 2.75) is 46.0 Å². The topological polar surface area (TPSA) is 38.3 Å². The predicted molar refractivity (Wildman–Crippen MR) is 51.5 cm³/mol. The Labute approximate surface area is 88.0 Å². The number of hydrogen-bond donors (Lipinski definition) is 1. The minimum absolute atomic E-state index is 0.452. The maximum atomic E-state index is 11.7. The minimum atomic E-state index is -4.83. The third-order valence-corrected chi connectivity index (χ3v) is 1.69. The Morgan fingerprint density at radius 3 is 1.93 bits per heavy atom. The van der Waals surface area contributed by atoms with Crippen LogP contribution in [-0.2, 0) is 9.53 Å². The molecule has 2 atom stereocenters. The summed E-state index contributed by atoms with van der Waals surface area (Å²) in [6, 6.07) is -0.667. The molecule has 0 radical (unpaired) electrons. The van der Waals surface area contributed by atoms with E-state index in [0.717, 1.165) is 0 Å². The number of alkyl halides is 3. The maximum Gasteiger partial charge on any atom is 0.471 e. The molecule has 0 aromatic rings. The van der Waals surface area contributed by atoms with Crippen LogP contribution in [-0.4, -0.2) is 31.3 Å². The molecule has 0 aliphatic carbocycles. The third-order valence-electron chi connectivity index (χ3n) is 1.69. The van der Waals surface area contributed by atoms with Gasteiger partial charge in [-0.25, -0.2) is 0 Å². The smallest absolute Gasteiger partial charge is 0.380 e. The normalized spacial score (nSPS) is 14.7. The number of nitrogens with one attached hydrogen (secondary N) is 1. The maximum absolute atomic E-state index is 11.7. The molecule has 0 rings (SSSR count). The summed E-state index contributed by atoms with van der Waals surface area (Å²) in [4.78, 5) is 10.4. The summed E-state index contributed by atoms with van der Waals surface area (Å²) >= 11 is 0. The Morgan fingerprint density at radius 1 is 1.27 bits per heavy atom. The number of ether oxygens (including phenoxy) is 1. The van der Waals surface area contributed by atoms with E-state index in [1.54, 1.807) is 12.2 Å². The number of methoxy groups -OCH3 is 1. The molecule has 1 N–H and O–H groups in total. The van der Waals surface area contributed by atoms with Crippen molar-refractivity contribution in [1.29, 1.82) is 0 Å². The first-order chi connectivity index (χ1) is 6.79. The molecule has 0 heterocycles. The highest BCUT2D eigenvalue weighted by Crippen LogP contribution is 2.14. The van der Waals surface area contributed by atoms with Crippen LogP contribution < -0.4 is 5.32 Å². The van der Waals surface area contributed by atoms with Crippen LogP contribution in [0.15, 0.2) is 0 Å². The van der Waals surface area contributed by atoms with Crippen LogP contribution in [0.5, 0.6) is 0 Å². The van der Waals surface area contributed by atoms with Crippen molar-refractivity contribution in [3.05, 3.63) is 0 Å². The van der Waals surface area contributed by atoms with Gasteiger partial charge in [-0.15, -0.1) is 0 Å². The van der Waals surface area contributed by atoms with Crippen molar-refractivity contribution in [3.8, 4) is 0 Å². The number of amides is 1. The molecule has 0 spiro atoms. The number of carbonyl (C=O) groups is 1. The van der Waals surface area contributed by atoms with Gasteiger partial charge in [0, 0.05) is 7.11 Å². The molecule has 0 aromatic heterocycles. The lowest BCUT2D eigenvalue weighted by Crippen LogP contribution is -2.46. The number of carbonyl (C=O) groups excluding carboxylic acids is 1. The molecule has 0 aromatic carbocycles. The molecule has 6 heteroatoms. The molecule has 15 heavy (non-hydrogen) atoms. The van der Waals surface area contributed by atoms with E-state index in [0.29, 0.717) is 0 Å². The van der Waals surface area contributed by atoms with Gasteiger partial charge in [-0.05, 0) is 13.8 Å². The van der Waals surface area contributed by atoms with Crippen LogP contribution in [0.1, 0.15) is 27.7 Å². The fraction of sp³-hybridized carbons (Fsp3) is 0.889. The average Bonchev–Trinajstić information content (AvgIpc) is 2.18. The highest BCUT2D eigenvalue weighted by molar-refractivity contribution is 5.81. The molecule has 0 bridgehead atoms. The zero-order chi connectivity index (χ0) is 12.6. The molecular weight excluding hydrogens is 211 g/mol. The van der Waals surface area contributed by atoms with Gasteiger partial charge < -0.3 is 10.1 Å². The molecule has 0 aliphatic heterocycles. The van der Waals surface area contributed by atoms with E-state index in [9.17, 15) is 18.0 Å². The lowest BCUT2D eigenvalue weighted by Gasteiger charge is -2.20. The first-order valence-corrected chi connectivity index (χ1v) is 4.69. The molecule has 0 saturated carbocycles. The average molecular weight is 229 g/mol. The summed E-state index contributed by atoms with van der Waals surface area (Å²) in [5.41, 5.74) is 0. The van der Waals surface area contributed by atoms with E-state index in [1.165, 1.54) is 14.0 Å². The molecule has 92 valence electrons. The van der Waals surface area contributed by atoms with Crippen LogP contribution in [0.2, 0.25) is 0 Å². The fourth-order valence-electron chi connectivity index (χ4n) is 0.610. The second kappa shape index (κ2) is 7.50. The molecule has 0 saturated heterocycles. The fourth-order valence-corrected chi connectivity index (χ4v) is 0.610. The quantitative estimate of drug-likeness (QED) is 0.805. The van der Waals surface area contributed by atoms with Crippen LogP contribution in [0.25, 0.3) is 0 Å². The van der Waals surface area contributed by atoms with Crippen LogP contribution in [0, 0.1) is 0 Å². The van der Waals surface area contributed by atoms with Crippen LogP contribution >= 0.6 is 0 Å². The monoisotopic (exact) mass is 229 g/mol. The Bertz CT molecular complexity index is 183. The first-order valence-electron chi connectivity index (χ1n) is 4.69. The minimum Gasteiger partial charge on any atom is -0.380 e. The van der Waals surface area contributed by atoms with Crippen LogP contribution in [0.4, 0.5) is 13.2 Å². The summed E-state index contributed by atoms with van der Waals surface area (Å²) < 4.78 is 39.9. The number of rotatable bonds is 3. The van der Waals surface area contributed by atoms with Gasteiger partial charge in [-0.1, -0.05) is 13.8 Å². The summed E-state index contributed by atoms with van der Waals surface area (Å²) in [7, 11) is 1.36. The lowest BCUT2D eigenvalue weighted by atomic mass is 10.2. The second-order valence-corrected chi connectivity index (χ2v) is 2.70. The van der Waals surface area contributed by atoms with Crippen molar-refractivity contribution < 1.29 is 22.7 Å². The highest BCUT2D eigenvalue weighted by Gasteiger charge is 2.39. The van der Waals surface area contributed by atoms with E-state index in [2.05, 4.69) is 0 Å². The van der Waals surface area contributed by atoms with Gasteiger partial charge in [0.15, 0.2) is 0 Å². The van der Waals surface area contributed by atoms with Gasteiger partial charge in [0.05, 0.1) is 12.1 Å². The van der Waals surface area contributed by atoms with E-state index < -0.39 is 24.2 Å². The van der Waals surface area contributed by atoms with Gasteiger partial charge in [0.1, 0.15) is 0 Å². The summed E-state index contributed by atoms with van der Waals surface area (Å²) in [6.45, 7) is 7.01. The van der Waals surface area contributed by atoms with E-state index in [1.807, 2.05) is 13.8 Å². The van der Waals surface area contributed by atoms with Crippen molar-refractivity contribution >= 4 is 5.91 Å². The van der Waals surface area contributed by atoms with Gasteiger partial charge in [0.2, 0.25) is 0 Å². The van der Waals surface area contributed by atoms with Crippen molar-refractivity contribution in [3.63, 3.8) is 0 Å². The molecule has 3 nitrogen and oxygen atoms in total. The number of hydrogen-bond acceptors (Lipinski definition) is 2. The van der Waals surface area contributed by atoms with Gasteiger partial charge in [-0.2, -0.15) is 13.2 Å². The van der Waals surface area contributed by atoms with Gasteiger partial charge in [-0.3, -0.25) is 4.79 Å². The Hall–Kier alpha value is -0.780. The SMILES string of the molecule is CC.COC(C)C(C)NC(=O)C(F)(F)F. The number of halogens is 3. The Kier molecular flexibility index (Phi) is 8.33. The third kappa shape index (κ3) is 7.18. The highest BCUT2D eigenvalue weighted by atomic mass is 19.4. The van der Waals surface area contributed by atoms with Crippen molar-refractivity contribution in [2.24, 2.45) is 0 Å². The van der Waals surface area contributed by atoms with Crippen LogP contribution in [0.3, 0.4) is 0 Å². The zero-order valence-corrected chi connectivity index (χ0v) is 9.61. The van der Waals surface area contributed by atoms with Crippen molar-refractivity contribution in [2.75, 3.05) is 7.11 Å². The first kappa shape index (κ1) is 16.6.